The Labute approximate surface area is 215 Å². The van der Waals surface area contributed by atoms with Gasteiger partial charge in [-0.25, -0.2) is 0 Å². The maximum Gasteiger partial charge on any atom is 0.250 e. The molecule has 2 aliphatic rings. The maximum atomic E-state index is 13.4. The van der Waals surface area contributed by atoms with Gasteiger partial charge in [0.05, 0.1) is 12.1 Å². The van der Waals surface area contributed by atoms with E-state index in [0.29, 0.717) is 18.6 Å². The third-order valence-electron chi connectivity index (χ3n) is 5.76. The molecule has 5 amide bonds. The van der Waals surface area contributed by atoms with Crippen LogP contribution in [0.5, 0.6) is 0 Å². The number of hydrogen-bond acceptors (Lipinski definition) is 8. The van der Waals surface area contributed by atoms with Crippen LogP contribution in [0.25, 0.3) is 0 Å². The molecule has 0 aromatic heterocycles. The minimum absolute atomic E-state index is 0.0966. The van der Waals surface area contributed by atoms with E-state index < -0.39 is 53.8 Å². The molecule has 2 rings (SSSR count). The topological polar surface area (TPSA) is 145 Å². The van der Waals surface area contributed by atoms with Gasteiger partial charge in [0.25, 0.3) is 0 Å². The highest BCUT2D eigenvalue weighted by Gasteiger charge is 2.36. The van der Waals surface area contributed by atoms with Crippen LogP contribution in [0.3, 0.4) is 0 Å². The largest absolute Gasteiger partial charge is 0.343 e. The van der Waals surface area contributed by atoms with Gasteiger partial charge >= 0.3 is 0 Å². The van der Waals surface area contributed by atoms with Crippen LogP contribution in [0.2, 0.25) is 0 Å². The molecule has 35 heavy (non-hydrogen) atoms. The van der Waals surface area contributed by atoms with Crippen LogP contribution in [0.4, 0.5) is 0 Å². The maximum absolute atomic E-state index is 13.4. The van der Waals surface area contributed by atoms with Gasteiger partial charge in [-0.1, -0.05) is 63.1 Å². The van der Waals surface area contributed by atoms with E-state index in [9.17, 15) is 24.0 Å². The van der Waals surface area contributed by atoms with Crippen LogP contribution in [-0.2, 0) is 24.0 Å². The van der Waals surface area contributed by atoms with E-state index in [2.05, 4.69) is 26.6 Å². The Hall–Kier alpha value is -1.79. The third-order valence-corrected chi connectivity index (χ3v) is 8.18. The summed E-state index contributed by atoms with van der Waals surface area (Å²) in [4.78, 5) is 65.4. The van der Waals surface area contributed by atoms with Gasteiger partial charge in [0.15, 0.2) is 0 Å². The van der Waals surface area contributed by atoms with Gasteiger partial charge < -0.3 is 16.0 Å². The van der Waals surface area contributed by atoms with E-state index in [1.165, 1.54) is 21.6 Å². The molecular formula is C23H39N5O5S2. The van der Waals surface area contributed by atoms with Crippen molar-refractivity contribution in [3.8, 4) is 0 Å². The molecule has 2 heterocycles. The number of imide groups is 1. The van der Waals surface area contributed by atoms with Crippen molar-refractivity contribution >= 4 is 51.1 Å². The van der Waals surface area contributed by atoms with E-state index in [4.69, 9.17) is 0 Å². The fourth-order valence-corrected chi connectivity index (χ4v) is 6.24. The van der Waals surface area contributed by atoms with Crippen LogP contribution < -0.4 is 26.6 Å². The molecule has 5 N–H and O–H groups in total. The Balaban J connectivity index is 2.47. The highest BCUT2D eigenvalue weighted by molar-refractivity contribution is 8.76. The summed E-state index contributed by atoms with van der Waals surface area (Å²) in [5, 5.41) is 13.8. The lowest BCUT2D eigenvalue weighted by Crippen LogP contribution is -2.60. The Kier molecular flexibility index (Phi) is 11.4. The first-order chi connectivity index (χ1) is 16.4. The van der Waals surface area contributed by atoms with E-state index in [1.807, 2.05) is 27.7 Å². The van der Waals surface area contributed by atoms with Crippen molar-refractivity contribution in [1.29, 1.82) is 0 Å². The number of nitrogens with one attached hydrogen (secondary N) is 5. The number of hydrogen-bond donors (Lipinski definition) is 5. The lowest BCUT2D eigenvalue weighted by molar-refractivity contribution is -0.137. The third kappa shape index (κ3) is 8.98. The molecular weight excluding hydrogens is 490 g/mol. The average Bonchev–Trinajstić information content (AvgIpc) is 2.73. The fourth-order valence-electron chi connectivity index (χ4n) is 3.90. The average molecular weight is 530 g/mol. The zero-order valence-electron chi connectivity index (χ0n) is 21.3. The standard InChI is InChI=1S/C23H39N5O5S2/c1-11(2)7-14-19(29)25-15(8-12(3)4)20(30)27-18(13(5)6)23(33)28-22(32)17-10-35-34-9-16(24-14)21(31)26-17/h11-18,24H,7-10H2,1-6H3,(H,25,29)(H,26,31)(H,27,30)(H,28,32,33)/t14-,15+,16+,17-,18+/m0/s1. The summed E-state index contributed by atoms with van der Waals surface area (Å²) in [5.74, 6) is -1.92. The quantitative estimate of drug-likeness (QED) is 0.257. The summed E-state index contributed by atoms with van der Waals surface area (Å²) >= 11 is 0. The summed E-state index contributed by atoms with van der Waals surface area (Å²) in [6, 6.07) is -4.20. The molecule has 0 unspecified atom stereocenters. The molecule has 2 saturated heterocycles. The smallest absolute Gasteiger partial charge is 0.250 e. The van der Waals surface area contributed by atoms with E-state index in [-0.39, 0.29) is 29.4 Å². The second kappa shape index (κ2) is 13.5. The first-order valence-corrected chi connectivity index (χ1v) is 14.6. The van der Waals surface area contributed by atoms with Crippen molar-refractivity contribution in [3.05, 3.63) is 0 Å². The van der Waals surface area contributed by atoms with Gasteiger partial charge in [0.2, 0.25) is 29.5 Å². The number of carbonyl (C=O) groups is 5. The molecule has 2 fully saturated rings. The van der Waals surface area contributed by atoms with Crippen LogP contribution in [-0.4, -0.2) is 71.3 Å². The highest BCUT2D eigenvalue weighted by atomic mass is 33.1. The number of rotatable bonds is 5. The first-order valence-electron chi connectivity index (χ1n) is 12.1. The Bertz CT molecular complexity index is 807. The molecule has 198 valence electrons. The molecule has 12 heteroatoms. The van der Waals surface area contributed by atoms with Gasteiger partial charge in [0, 0.05) is 11.5 Å². The van der Waals surface area contributed by atoms with Gasteiger partial charge in [-0.05, 0) is 30.6 Å². The van der Waals surface area contributed by atoms with Crippen molar-refractivity contribution in [2.45, 2.75) is 84.6 Å². The van der Waals surface area contributed by atoms with Crippen molar-refractivity contribution in [1.82, 2.24) is 26.6 Å². The molecule has 0 radical (unpaired) electrons. The van der Waals surface area contributed by atoms with Crippen molar-refractivity contribution in [3.63, 3.8) is 0 Å². The fraction of sp³-hybridized carbons (Fsp3) is 0.783. The number of amides is 5. The zero-order valence-corrected chi connectivity index (χ0v) is 22.9. The molecule has 0 saturated carbocycles. The zero-order chi connectivity index (χ0) is 26.3. The van der Waals surface area contributed by atoms with Gasteiger partial charge in [-0.15, -0.1) is 0 Å². The predicted octanol–water partition coefficient (Wildman–Crippen LogP) is 0.567. The summed E-state index contributed by atoms with van der Waals surface area (Å²) in [6.07, 6.45) is 0.830. The summed E-state index contributed by atoms with van der Waals surface area (Å²) in [7, 11) is 2.84. The van der Waals surface area contributed by atoms with Crippen molar-refractivity contribution in [2.75, 3.05) is 11.5 Å². The number of carbonyl (C=O) groups excluding carboxylic acids is 5. The molecule has 0 aromatic carbocycles. The van der Waals surface area contributed by atoms with Gasteiger partial charge in [-0.2, -0.15) is 0 Å². The van der Waals surface area contributed by atoms with E-state index in [0.717, 1.165) is 0 Å². The van der Waals surface area contributed by atoms with Crippen LogP contribution in [0.15, 0.2) is 0 Å². The minimum atomic E-state index is -0.980. The lowest BCUT2D eigenvalue weighted by atomic mass is 9.98. The SMILES string of the molecule is CC(C)C[C@@H]1N[C@@H]2CSSC[C@H](NC2=O)C(=O)NC(=O)[C@@H](C(C)C)NC(=O)[C@@H](CC(C)C)NC1=O. The summed E-state index contributed by atoms with van der Waals surface area (Å²) < 4.78 is 0. The summed E-state index contributed by atoms with van der Waals surface area (Å²) in [6.45, 7) is 11.4. The lowest BCUT2D eigenvalue weighted by Gasteiger charge is -2.29. The molecule has 0 aromatic rings. The number of fused-ring (bicyclic) bond motifs is 3. The Morgan fingerprint density at radius 3 is 1.77 bits per heavy atom. The van der Waals surface area contributed by atoms with Crippen LogP contribution >= 0.6 is 21.6 Å². The van der Waals surface area contributed by atoms with Crippen LogP contribution in [0.1, 0.15) is 54.4 Å². The minimum Gasteiger partial charge on any atom is -0.343 e. The predicted molar refractivity (Wildman–Crippen MR) is 138 cm³/mol. The van der Waals surface area contributed by atoms with Crippen molar-refractivity contribution < 1.29 is 24.0 Å². The van der Waals surface area contributed by atoms with Crippen molar-refractivity contribution in [2.24, 2.45) is 17.8 Å². The van der Waals surface area contributed by atoms with Gasteiger partial charge in [-0.3, -0.25) is 34.6 Å². The van der Waals surface area contributed by atoms with E-state index in [1.54, 1.807) is 13.8 Å². The molecule has 0 aliphatic carbocycles. The molecule has 0 spiro atoms. The Morgan fingerprint density at radius 1 is 0.657 bits per heavy atom. The van der Waals surface area contributed by atoms with Crippen LogP contribution in [0, 0.1) is 17.8 Å². The normalized spacial score (nSPS) is 29.6. The van der Waals surface area contributed by atoms with E-state index >= 15 is 0 Å². The molecule has 10 nitrogen and oxygen atoms in total. The molecule has 2 bridgehead atoms. The monoisotopic (exact) mass is 529 g/mol. The Morgan fingerprint density at radius 2 is 1.20 bits per heavy atom. The molecule has 2 aliphatic heterocycles. The second-order valence-electron chi connectivity index (χ2n) is 10.3. The van der Waals surface area contributed by atoms with Gasteiger partial charge in [0.1, 0.15) is 18.1 Å². The molecule has 5 atom stereocenters. The first kappa shape index (κ1) is 29.4. The second-order valence-corrected chi connectivity index (χ2v) is 12.9. The summed E-state index contributed by atoms with van der Waals surface area (Å²) in [5.41, 5.74) is 0. The highest BCUT2D eigenvalue weighted by Crippen LogP contribution is 2.25.